The van der Waals surface area contributed by atoms with Crippen LogP contribution in [0.2, 0.25) is 0 Å². The van der Waals surface area contributed by atoms with Crippen molar-refractivity contribution in [3.8, 4) is 5.75 Å². The third-order valence-electron chi connectivity index (χ3n) is 4.17. The highest BCUT2D eigenvalue weighted by Crippen LogP contribution is 2.39. The Morgan fingerprint density at radius 3 is 2.62 bits per heavy atom. The van der Waals surface area contributed by atoms with Crippen molar-refractivity contribution < 1.29 is 27.1 Å². The second kappa shape index (κ2) is 7.43. The van der Waals surface area contributed by atoms with Crippen LogP contribution in [0.5, 0.6) is 5.75 Å². The molecule has 4 rings (SSSR count). The van der Waals surface area contributed by atoms with E-state index < -0.39 is 27.2 Å². The molecule has 0 radical (unpaired) electrons. The minimum Gasteiger partial charge on any atom is -0.476 e. The lowest BCUT2D eigenvalue weighted by Gasteiger charge is -2.33. The van der Waals surface area contributed by atoms with Crippen molar-refractivity contribution in [3.05, 3.63) is 76.6 Å². The van der Waals surface area contributed by atoms with E-state index in [1.807, 2.05) is 0 Å². The first-order valence-corrected chi connectivity index (χ1v) is 9.93. The summed E-state index contributed by atoms with van der Waals surface area (Å²) in [5.41, 5.74) is 0.813. The largest absolute Gasteiger partial charge is 0.476 e. The second-order valence-electron chi connectivity index (χ2n) is 6.09. The number of sulfonamides is 1. The Labute approximate surface area is 164 Å². The van der Waals surface area contributed by atoms with Crippen LogP contribution in [0.3, 0.4) is 0 Å². The quantitative estimate of drug-likeness (QED) is 0.637. The molecule has 0 saturated carbocycles. The maximum Gasteiger partial charge on any atom is 0.445 e. The maximum atomic E-state index is 12.9. The number of ether oxygens (including phenoxy) is 2. The van der Waals surface area contributed by atoms with Crippen molar-refractivity contribution >= 4 is 21.0 Å². The fourth-order valence-corrected chi connectivity index (χ4v) is 3.95. The topological polar surface area (TPSA) is 132 Å². The van der Waals surface area contributed by atoms with Gasteiger partial charge in [-0.25, -0.2) is 14.7 Å². The number of fused-ring (bicyclic) bond motifs is 1. The molecule has 0 amide bonds. The third kappa shape index (κ3) is 3.72. The molecule has 3 aromatic rings. The van der Waals surface area contributed by atoms with E-state index in [1.165, 1.54) is 12.1 Å². The van der Waals surface area contributed by atoms with E-state index in [9.17, 15) is 18.0 Å². The van der Waals surface area contributed by atoms with Crippen molar-refractivity contribution in [2.24, 2.45) is 0 Å². The van der Waals surface area contributed by atoms with Gasteiger partial charge < -0.3 is 13.9 Å². The molecule has 1 aliphatic rings. The zero-order valence-electron chi connectivity index (χ0n) is 14.8. The molecule has 0 unspecified atom stereocenters. The highest BCUT2D eigenvalue weighted by molar-refractivity contribution is 8.06. The average molecular weight is 417 g/mol. The van der Waals surface area contributed by atoms with E-state index in [4.69, 9.17) is 13.9 Å². The minimum atomic E-state index is -4.55. The first kappa shape index (κ1) is 18.7. The van der Waals surface area contributed by atoms with Crippen LogP contribution in [0.15, 0.2) is 63.8 Å². The van der Waals surface area contributed by atoms with Crippen LogP contribution in [-0.2, 0) is 21.4 Å². The minimum absolute atomic E-state index is 0.137. The smallest absolute Gasteiger partial charge is 0.445 e. The van der Waals surface area contributed by atoms with Gasteiger partial charge in [0.05, 0.1) is 12.2 Å². The Bertz CT molecular complexity index is 1190. The van der Waals surface area contributed by atoms with Gasteiger partial charge >= 0.3 is 21.1 Å². The van der Waals surface area contributed by atoms with Gasteiger partial charge in [0.25, 0.3) is 5.89 Å². The van der Waals surface area contributed by atoms with Crippen molar-refractivity contribution in [1.29, 1.82) is 0 Å². The molecule has 29 heavy (non-hydrogen) atoms. The van der Waals surface area contributed by atoms with E-state index in [2.05, 4.69) is 10.2 Å². The lowest BCUT2D eigenvalue weighted by molar-refractivity contribution is 0.161. The number of nitrogens with one attached hydrogen (secondary N) is 1. The van der Waals surface area contributed by atoms with E-state index >= 15 is 0 Å². The molecule has 2 heterocycles. The molecular formula is C18H15N3O7S. The van der Waals surface area contributed by atoms with Crippen LogP contribution in [0.4, 0.5) is 10.5 Å². The number of aromatic nitrogens is 2. The number of anilines is 1. The second-order valence-corrected chi connectivity index (χ2v) is 7.81. The molecule has 2 aromatic carbocycles. The molecule has 0 spiro atoms. The van der Waals surface area contributed by atoms with Crippen molar-refractivity contribution in [2.75, 3.05) is 10.8 Å². The van der Waals surface area contributed by atoms with Gasteiger partial charge in [-0.05, 0) is 17.7 Å². The first-order valence-electron chi connectivity index (χ1n) is 8.49. The summed E-state index contributed by atoms with van der Waals surface area (Å²) in [6.45, 7) is -0.518. The molecule has 0 fully saturated rings. The fraction of sp³-hybridized carbons (Fsp3) is 0.167. The zero-order chi connectivity index (χ0) is 20.4. The molecule has 1 aromatic heterocycles. The molecule has 0 saturated heterocycles. The van der Waals surface area contributed by atoms with Crippen molar-refractivity contribution in [2.45, 2.75) is 12.7 Å². The number of para-hydroxylation sites is 2. The Morgan fingerprint density at radius 1 is 1.17 bits per heavy atom. The predicted octanol–water partition coefficient (Wildman–Crippen LogP) is 1.97. The van der Waals surface area contributed by atoms with Gasteiger partial charge in [-0.1, -0.05) is 42.5 Å². The summed E-state index contributed by atoms with van der Waals surface area (Å²) >= 11 is 0. The summed E-state index contributed by atoms with van der Waals surface area (Å²) in [4.78, 5) is 23.6. The lowest BCUT2D eigenvalue weighted by atomic mass is 10.2. The maximum absolute atomic E-state index is 12.9. The molecule has 1 aliphatic heterocycles. The first-order chi connectivity index (χ1) is 13.9. The van der Waals surface area contributed by atoms with Crippen LogP contribution in [0, 0.1) is 0 Å². The SMILES string of the molecule is O=C(OCc1ccccc1)S(=O)(=O)N1C[C@H](c2n[nH]c(=O)o2)Oc2ccccc21. The Kier molecular flexibility index (Phi) is 4.80. The van der Waals surface area contributed by atoms with Gasteiger partial charge in [-0.15, -0.1) is 5.10 Å². The molecule has 1 N–H and O–H groups in total. The van der Waals surface area contributed by atoms with E-state index in [1.54, 1.807) is 42.5 Å². The number of rotatable bonds is 4. The number of benzene rings is 2. The van der Waals surface area contributed by atoms with E-state index in [0.717, 1.165) is 4.31 Å². The fourth-order valence-electron chi connectivity index (χ4n) is 2.82. The summed E-state index contributed by atoms with van der Waals surface area (Å²) in [5.74, 6) is -0.754. The van der Waals surface area contributed by atoms with Gasteiger partial charge in [0.1, 0.15) is 12.4 Å². The van der Waals surface area contributed by atoms with Crippen LogP contribution in [0.25, 0.3) is 0 Å². The zero-order valence-corrected chi connectivity index (χ0v) is 15.7. The highest BCUT2D eigenvalue weighted by Gasteiger charge is 2.41. The number of carbonyl (C=O) groups excluding carboxylic acids is 1. The molecule has 1 atom stereocenters. The number of aromatic amines is 1. The van der Waals surface area contributed by atoms with Gasteiger partial charge in [0.2, 0.25) is 0 Å². The van der Waals surface area contributed by atoms with E-state index in [0.29, 0.717) is 5.56 Å². The molecule has 0 aliphatic carbocycles. The van der Waals surface area contributed by atoms with Gasteiger partial charge in [-0.3, -0.25) is 4.31 Å². The van der Waals surface area contributed by atoms with Crippen LogP contribution in [0.1, 0.15) is 17.6 Å². The van der Waals surface area contributed by atoms with Crippen molar-refractivity contribution in [3.63, 3.8) is 0 Å². The number of nitrogens with zero attached hydrogens (tertiary/aromatic N) is 2. The van der Waals surface area contributed by atoms with Crippen LogP contribution < -0.4 is 14.8 Å². The van der Waals surface area contributed by atoms with Crippen LogP contribution in [-0.4, -0.2) is 30.5 Å². The summed E-state index contributed by atoms with van der Waals surface area (Å²) < 4.78 is 42.3. The third-order valence-corrected chi connectivity index (χ3v) is 5.63. The average Bonchev–Trinajstić information content (AvgIpc) is 3.18. The standard InChI is InChI=1S/C18H15N3O7S/c22-17-20-19-16(28-17)15-10-21(13-8-4-5-9-14(13)27-15)29(24,25)18(23)26-11-12-6-2-1-3-7-12/h1-9,15H,10-11H2,(H,20,22)/t15-/m1/s1. The van der Waals surface area contributed by atoms with Crippen molar-refractivity contribution in [1.82, 2.24) is 10.2 Å². The lowest BCUT2D eigenvalue weighted by Crippen LogP contribution is -2.43. The van der Waals surface area contributed by atoms with Gasteiger partial charge in [0.15, 0.2) is 6.10 Å². The highest BCUT2D eigenvalue weighted by atomic mass is 32.2. The van der Waals surface area contributed by atoms with Gasteiger partial charge in [0, 0.05) is 0 Å². The summed E-state index contributed by atoms with van der Waals surface area (Å²) in [5, 5.41) is 4.37. The number of hydrogen-bond acceptors (Lipinski definition) is 8. The summed E-state index contributed by atoms with van der Waals surface area (Å²) in [6.07, 6.45) is -1.03. The van der Waals surface area contributed by atoms with Gasteiger partial charge in [-0.2, -0.15) is 8.42 Å². The number of H-pyrrole nitrogens is 1. The van der Waals surface area contributed by atoms with E-state index in [-0.39, 0.29) is 30.5 Å². The molecule has 10 nitrogen and oxygen atoms in total. The monoisotopic (exact) mass is 417 g/mol. The Morgan fingerprint density at radius 2 is 1.90 bits per heavy atom. The predicted molar refractivity (Wildman–Crippen MR) is 99.8 cm³/mol. The molecular weight excluding hydrogens is 402 g/mol. The Balaban J connectivity index is 1.62. The van der Waals surface area contributed by atoms with Crippen LogP contribution >= 0.6 is 0 Å². The Hall–Kier alpha value is -3.60. The molecule has 11 heteroatoms. The molecule has 0 bridgehead atoms. The summed E-state index contributed by atoms with van der Waals surface area (Å²) in [7, 11) is -4.55. The summed E-state index contributed by atoms with van der Waals surface area (Å²) in [6, 6.07) is 15.0. The normalized spacial score (nSPS) is 16.0. The number of hydrogen-bond donors (Lipinski definition) is 1. The number of carbonyl (C=O) groups is 1. The molecule has 150 valence electrons.